The second-order valence-electron chi connectivity index (χ2n) is 13.1. The Morgan fingerprint density at radius 1 is 0.765 bits per heavy atom. The van der Waals surface area contributed by atoms with Crippen LogP contribution in [0.25, 0.3) is 11.1 Å². The van der Waals surface area contributed by atoms with Gasteiger partial charge in [-0.05, 0) is 52.4 Å². The summed E-state index contributed by atoms with van der Waals surface area (Å²) >= 11 is 0. The number of urea groups is 1. The van der Waals surface area contributed by atoms with Crippen LogP contribution in [0, 0.1) is 0 Å². The maximum absolute atomic E-state index is 12.2. The maximum Gasteiger partial charge on any atom is 0.325 e. The molecule has 2 fully saturated rings. The first-order chi connectivity index (χ1) is 24.9. The van der Waals surface area contributed by atoms with Crippen LogP contribution < -0.4 is 10.6 Å². The number of nitrogens with one attached hydrogen (secondary N) is 2. The van der Waals surface area contributed by atoms with Gasteiger partial charge in [0.05, 0.1) is 25.4 Å². The number of rotatable bonds is 13. The van der Waals surface area contributed by atoms with Gasteiger partial charge in [-0.25, -0.2) is 4.79 Å². The van der Waals surface area contributed by atoms with E-state index in [4.69, 9.17) is 14.2 Å². The Kier molecular flexibility index (Phi) is 12.8. The third-order valence-corrected chi connectivity index (χ3v) is 9.36. The zero-order valence-corrected chi connectivity index (χ0v) is 29.2. The second kappa shape index (κ2) is 18.1. The smallest absolute Gasteiger partial charge is 0.325 e. The molecule has 2 aliphatic heterocycles. The fourth-order valence-electron chi connectivity index (χ4n) is 6.63. The maximum atomic E-state index is 12.2. The molecule has 4 aromatic rings. The Morgan fingerprint density at radius 2 is 1.47 bits per heavy atom. The van der Waals surface area contributed by atoms with E-state index in [0.29, 0.717) is 6.54 Å². The van der Waals surface area contributed by atoms with E-state index < -0.39 is 18.3 Å². The largest absolute Gasteiger partial charge is 0.465 e. The van der Waals surface area contributed by atoms with Gasteiger partial charge in [-0.2, -0.15) is 0 Å². The van der Waals surface area contributed by atoms with E-state index in [0.717, 1.165) is 79.1 Å². The van der Waals surface area contributed by atoms with Crippen molar-refractivity contribution in [3.8, 4) is 11.1 Å². The average molecular weight is 693 g/mol. The summed E-state index contributed by atoms with van der Waals surface area (Å²) in [5.41, 5.74) is 7.15. The number of nitrogens with zero attached hydrogens (tertiary/aromatic N) is 2. The van der Waals surface area contributed by atoms with Crippen LogP contribution in [0.1, 0.15) is 53.6 Å². The van der Waals surface area contributed by atoms with Gasteiger partial charge in [-0.1, -0.05) is 91.0 Å². The van der Waals surface area contributed by atoms with Crippen molar-refractivity contribution in [1.29, 1.82) is 0 Å². The summed E-state index contributed by atoms with van der Waals surface area (Å²) < 4.78 is 18.3. The van der Waals surface area contributed by atoms with E-state index in [1.807, 2.05) is 60.7 Å². The summed E-state index contributed by atoms with van der Waals surface area (Å²) in [4.78, 5) is 28.8. The Labute approximate surface area is 300 Å². The van der Waals surface area contributed by atoms with Gasteiger partial charge in [0, 0.05) is 57.8 Å². The normalized spacial score (nSPS) is 19.7. The molecule has 3 atom stereocenters. The highest BCUT2D eigenvalue weighted by atomic mass is 16.7. The highest BCUT2D eigenvalue weighted by Gasteiger charge is 2.34. The molecular formula is C41H48N4O6. The number of aliphatic hydroxyl groups is 1. The molecule has 268 valence electrons. The SMILES string of the molecule is CCOC(=O)CNC(=O)NCc1cccc(-c2cccc([C@H]3O[C@@H](CN4CCN(Cc5ccccc5)CC4)C[C@@H](c4ccc(CO)cc4)O3)c2)c1. The van der Waals surface area contributed by atoms with Crippen LogP contribution in [-0.4, -0.2) is 78.9 Å². The Morgan fingerprint density at radius 3 is 2.22 bits per heavy atom. The number of piperazine rings is 1. The predicted molar refractivity (Wildman–Crippen MR) is 195 cm³/mol. The van der Waals surface area contributed by atoms with Gasteiger partial charge in [-0.3, -0.25) is 14.6 Å². The lowest BCUT2D eigenvalue weighted by Gasteiger charge is -2.41. The molecule has 2 heterocycles. The number of ether oxygens (including phenoxy) is 3. The van der Waals surface area contributed by atoms with Gasteiger partial charge in [0.25, 0.3) is 0 Å². The van der Waals surface area contributed by atoms with Crippen molar-refractivity contribution in [3.05, 3.63) is 131 Å². The number of amides is 2. The van der Waals surface area contributed by atoms with Crippen molar-refractivity contribution >= 4 is 12.0 Å². The quantitative estimate of drug-likeness (QED) is 0.156. The fraction of sp³-hybridized carbons (Fsp3) is 0.366. The van der Waals surface area contributed by atoms with E-state index in [1.54, 1.807) is 6.92 Å². The van der Waals surface area contributed by atoms with Gasteiger partial charge >= 0.3 is 12.0 Å². The first-order valence-electron chi connectivity index (χ1n) is 17.8. The lowest BCUT2D eigenvalue weighted by Crippen LogP contribution is -2.49. The molecule has 0 unspecified atom stereocenters. The van der Waals surface area contributed by atoms with Crippen LogP contribution in [0.4, 0.5) is 4.79 Å². The summed E-state index contributed by atoms with van der Waals surface area (Å²) in [5, 5.41) is 14.9. The van der Waals surface area contributed by atoms with Crippen molar-refractivity contribution in [2.45, 2.75) is 51.5 Å². The minimum Gasteiger partial charge on any atom is -0.465 e. The molecule has 10 heteroatoms. The van der Waals surface area contributed by atoms with Gasteiger partial charge in [0.15, 0.2) is 6.29 Å². The number of carbonyl (C=O) groups is 2. The topological polar surface area (TPSA) is 113 Å². The monoisotopic (exact) mass is 692 g/mol. The standard InChI is InChI=1S/C41H48N4O6/c1-2-49-39(47)26-43-41(48)42-25-32-10-6-11-34(22-32)35-12-7-13-36(23-35)40-50-37(24-38(51-40)33-16-14-31(29-46)15-17-33)28-45-20-18-44(19-21-45)27-30-8-4-3-5-9-30/h3-17,22-23,37-38,40,46H,2,18-21,24-29H2,1H3,(H2,42,43,48)/t37-,38+,40+/m1/s1. The Bertz CT molecular complexity index is 1710. The fourth-order valence-corrected chi connectivity index (χ4v) is 6.63. The third kappa shape index (κ3) is 10.5. The number of hydrogen-bond acceptors (Lipinski definition) is 8. The van der Waals surface area contributed by atoms with Gasteiger partial charge < -0.3 is 30.0 Å². The molecule has 4 aromatic carbocycles. The summed E-state index contributed by atoms with van der Waals surface area (Å²) in [7, 11) is 0. The summed E-state index contributed by atoms with van der Waals surface area (Å²) in [6.45, 7) is 7.92. The lowest BCUT2D eigenvalue weighted by molar-refractivity contribution is -0.253. The van der Waals surface area contributed by atoms with E-state index in [-0.39, 0.29) is 32.0 Å². The van der Waals surface area contributed by atoms with Crippen molar-refractivity contribution in [2.24, 2.45) is 0 Å². The minimum absolute atomic E-state index is 0.00313. The van der Waals surface area contributed by atoms with E-state index in [1.165, 1.54) is 5.56 Å². The van der Waals surface area contributed by atoms with E-state index in [9.17, 15) is 14.7 Å². The molecule has 0 spiro atoms. The molecule has 2 amide bonds. The van der Waals surface area contributed by atoms with Crippen LogP contribution in [-0.2, 0) is 38.7 Å². The first-order valence-corrected chi connectivity index (χ1v) is 17.8. The summed E-state index contributed by atoms with van der Waals surface area (Å²) in [5.74, 6) is -0.477. The average Bonchev–Trinajstić information content (AvgIpc) is 3.17. The molecule has 2 aliphatic rings. The van der Waals surface area contributed by atoms with Crippen LogP contribution in [0.2, 0.25) is 0 Å². The van der Waals surface area contributed by atoms with Gasteiger partial charge in [0.2, 0.25) is 0 Å². The Balaban J connectivity index is 1.12. The predicted octanol–water partition coefficient (Wildman–Crippen LogP) is 5.57. The minimum atomic E-state index is -0.557. The molecule has 0 radical (unpaired) electrons. The van der Waals surface area contributed by atoms with Crippen LogP contribution in [0.15, 0.2) is 103 Å². The highest BCUT2D eigenvalue weighted by Crippen LogP contribution is 2.39. The van der Waals surface area contributed by atoms with E-state index >= 15 is 0 Å². The van der Waals surface area contributed by atoms with Crippen LogP contribution in [0.3, 0.4) is 0 Å². The number of benzene rings is 4. The first kappa shape index (κ1) is 36.2. The molecule has 0 bridgehead atoms. The summed E-state index contributed by atoms with van der Waals surface area (Å²) in [6, 6.07) is 34.4. The second-order valence-corrected chi connectivity index (χ2v) is 13.1. The van der Waals surface area contributed by atoms with Crippen molar-refractivity contribution < 1.29 is 28.9 Å². The molecule has 2 saturated heterocycles. The molecule has 0 aromatic heterocycles. The molecule has 51 heavy (non-hydrogen) atoms. The van der Waals surface area contributed by atoms with Crippen LogP contribution >= 0.6 is 0 Å². The Hall–Kier alpha value is -4.58. The van der Waals surface area contributed by atoms with Gasteiger partial charge in [-0.15, -0.1) is 0 Å². The highest BCUT2D eigenvalue weighted by molar-refractivity contribution is 5.80. The van der Waals surface area contributed by atoms with Crippen molar-refractivity contribution in [2.75, 3.05) is 45.9 Å². The number of hydrogen-bond donors (Lipinski definition) is 3. The van der Waals surface area contributed by atoms with E-state index in [2.05, 4.69) is 62.9 Å². The number of carbonyl (C=O) groups excluding carboxylic acids is 2. The van der Waals surface area contributed by atoms with Crippen molar-refractivity contribution in [1.82, 2.24) is 20.4 Å². The summed E-state index contributed by atoms with van der Waals surface area (Å²) in [6.07, 6.45) is -0.00574. The zero-order chi connectivity index (χ0) is 35.4. The van der Waals surface area contributed by atoms with Gasteiger partial charge in [0.1, 0.15) is 6.54 Å². The molecule has 0 saturated carbocycles. The zero-order valence-electron chi connectivity index (χ0n) is 29.2. The molecular weight excluding hydrogens is 644 g/mol. The van der Waals surface area contributed by atoms with Crippen molar-refractivity contribution in [3.63, 3.8) is 0 Å². The molecule has 6 rings (SSSR count). The third-order valence-electron chi connectivity index (χ3n) is 9.36. The lowest BCUT2D eigenvalue weighted by atomic mass is 9.98. The van der Waals surface area contributed by atoms with Crippen LogP contribution in [0.5, 0.6) is 0 Å². The molecule has 0 aliphatic carbocycles. The molecule has 10 nitrogen and oxygen atoms in total. The molecule has 3 N–H and O–H groups in total. The number of aliphatic hydroxyl groups excluding tert-OH is 1. The number of esters is 1.